The molecule has 0 bridgehead atoms. The summed E-state index contributed by atoms with van der Waals surface area (Å²) in [5.74, 6) is 0. The Kier molecular flexibility index (Phi) is 6.42. The molecule has 0 saturated carbocycles. The van der Waals surface area contributed by atoms with Gasteiger partial charge in [0.1, 0.15) is 0 Å². The fraction of sp³-hybridized carbons (Fsp3) is 0.0541. The lowest BCUT2D eigenvalue weighted by Gasteiger charge is -2.14. The van der Waals surface area contributed by atoms with Crippen LogP contribution in [0.1, 0.15) is 11.1 Å². The monoisotopic (exact) mass is 487 g/mol. The van der Waals surface area contributed by atoms with Crippen LogP contribution in [0.4, 0.5) is 0 Å². The number of aromatic nitrogens is 1. The normalized spacial score (nSPS) is 10.9. The highest BCUT2D eigenvalue weighted by atomic mass is 14.7. The van der Waals surface area contributed by atoms with Crippen molar-refractivity contribution < 1.29 is 0 Å². The molecule has 0 N–H and O–H groups in total. The summed E-state index contributed by atoms with van der Waals surface area (Å²) in [6.07, 6.45) is 0. The molecule has 1 nitrogen and oxygen atoms in total. The van der Waals surface area contributed by atoms with Crippen LogP contribution >= 0.6 is 0 Å². The lowest BCUT2D eigenvalue weighted by atomic mass is 9.92. The zero-order valence-electron chi connectivity index (χ0n) is 21.7. The van der Waals surface area contributed by atoms with Crippen LogP contribution in [-0.4, -0.2) is 4.98 Å². The summed E-state index contributed by atoms with van der Waals surface area (Å²) in [5, 5.41) is 0. The summed E-state index contributed by atoms with van der Waals surface area (Å²) in [7, 11) is 0. The summed E-state index contributed by atoms with van der Waals surface area (Å²) in [4.78, 5) is 5.08. The van der Waals surface area contributed by atoms with Crippen LogP contribution in [0, 0.1) is 13.8 Å². The van der Waals surface area contributed by atoms with Gasteiger partial charge in [0, 0.05) is 11.1 Å². The summed E-state index contributed by atoms with van der Waals surface area (Å²) in [6, 6.07) is 49.8. The van der Waals surface area contributed by atoms with Crippen molar-refractivity contribution in [3.05, 3.63) is 151 Å². The van der Waals surface area contributed by atoms with Crippen LogP contribution in [0.2, 0.25) is 0 Å². The van der Waals surface area contributed by atoms with E-state index in [-0.39, 0.29) is 0 Å². The molecule has 6 aromatic rings. The molecule has 0 spiro atoms. The molecule has 5 aromatic carbocycles. The van der Waals surface area contributed by atoms with Crippen molar-refractivity contribution in [1.82, 2.24) is 4.98 Å². The van der Waals surface area contributed by atoms with Gasteiger partial charge in [-0.2, -0.15) is 0 Å². The second-order valence-corrected chi connectivity index (χ2v) is 9.89. The number of aryl methyl sites for hydroxylation is 2. The zero-order chi connectivity index (χ0) is 25.9. The molecule has 0 atom stereocenters. The van der Waals surface area contributed by atoms with E-state index < -0.39 is 0 Å². The Morgan fingerprint density at radius 1 is 0.316 bits per heavy atom. The minimum Gasteiger partial charge on any atom is -0.248 e. The molecule has 0 aliphatic carbocycles. The minimum atomic E-state index is 0.972. The van der Waals surface area contributed by atoms with Gasteiger partial charge >= 0.3 is 0 Å². The second-order valence-electron chi connectivity index (χ2n) is 9.89. The van der Waals surface area contributed by atoms with E-state index in [1.54, 1.807) is 0 Å². The van der Waals surface area contributed by atoms with Crippen LogP contribution in [0.15, 0.2) is 140 Å². The molecule has 1 heterocycles. The topological polar surface area (TPSA) is 12.9 Å². The summed E-state index contributed by atoms with van der Waals surface area (Å²) < 4.78 is 0. The van der Waals surface area contributed by atoms with Crippen LogP contribution in [-0.2, 0) is 0 Å². The van der Waals surface area contributed by atoms with Crippen molar-refractivity contribution in [3.63, 3.8) is 0 Å². The number of rotatable bonds is 5. The zero-order valence-corrected chi connectivity index (χ0v) is 21.7. The van der Waals surface area contributed by atoms with Gasteiger partial charge in [-0.15, -0.1) is 0 Å². The van der Waals surface area contributed by atoms with Crippen molar-refractivity contribution in [3.8, 4) is 55.9 Å². The molecule has 0 amide bonds. The first-order valence-electron chi connectivity index (χ1n) is 13.0. The Bertz CT molecular complexity index is 1640. The predicted octanol–water partition coefficient (Wildman–Crippen LogP) is 10.0. The quantitative estimate of drug-likeness (QED) is 0.236. The third-order valence-corrected chi connectivity index (χ3v) is 6.97. The molecule has 38 heavy (non-hydrogen) atoms. The van der Waals surface area contributed by atoms with Gasteiger partial charge in [0.2, 0.25) is 0 Å². The highest BCUT2D eigenvalue weighted by molar-refractivity contribution is 5.84. The van der Waals surface area contributed by atoms with Crippen molar-refractivity contribution in [2.24, 2.45) is 0 Å². The van der Waals surface area contributed by atoms with E-state index in [4.69, 9.17) is 4.98 Å². The standard InChI is InChI=1S/C37H29N/c1-26-16-18-28(19-17-26)32-21-33(31-15-9-10-27(2)20-31)23-34(22-32)35-24-36(29-11-5-3-6-12-29)38-37(25-35)30-13-7-4-8-14-30/h3-25H,1-2H3. The average Bonchev–Trinajstić information content (AvgIpc) is 2.98. The first kappa shape index (κ1) is 23.6. The van der Waals surface area contributed by atoms with Crippen LogP contribution in [0.3, 0.4) is 0 Å². The third kappa shape index (κ3) is 5.05. The van der Waals surface area contributed by atoms with E-state index in [2.05, 4.69) is 141 Å². The molecule has 6 rings (SSSR count). The number of nitrogens with zero attached hydrogens (tertiary/aromatic N) is 1. The second kappa shape index (κ2) is 10.3. The lowest BCUT2D eigenvalue weighted by Crippen LogP contribution is -1.92. The summed E-state index contributed by atoms with van der Waals surface area (Å²) >= 11 is 0. The maximum Gasteiger partial charge on any atom is 0.0715 e. The summed E-state index contributed by atoms with van der Waals surface area (Å²) in [5.41, 5.74) is 13.9. The molecule has 0 aliphatic rings. The highest BCUT2D eigenvalue weighted by Gasteiger charge is 2.12. The molecule has 0 aliphatic heterocycles. The smallest absolute Gasteiger partial charge is 0.0715 e. The fourth-order valence-electron chi connectivity index (χ4n) is 4.91. The number of pyridine rings is 1. The molecule has 1 heteroatoms. The van der Waals surface area contributed by atoms with E-state index in [0.717, 1.165) is 28.1 Å². The Hall–Kier alpha value is -4.75. The molecule has 0 unspecified atom stereocenters. The summed E-state index contributed by atoms with van der Waals surface area (Å²) in [6.45, 7) is 4.28. The maximum absolute atomic E-state index is 5.08. The van der Waals surface area contributed by atoms with Crippen molar-refractivity contribution in [2.45, 2.75) is 13.8 Å². The molecule has 0 fully saturated rings. The number of hydrogen-bond donors (Lipinski definition) is 0. The number of benzene rings is 5. The maximum atomic E-state index is 5.08. The van der Waals surface area contributed by atoms with Gasteiger partial charge in [-0.3, -0.25) is 0 Å². The van der Waals surface area contributed by atoms with Crippen LogP contribution < -0.4 is 0 Å². The van der Waals surface area contributed by atoms with Crippen molar-refractivity contribution >= 4 is 0 Å². The fourth-order valence-corrected chi connectivity index (χ4v) is 4.91. The van der Waals surface area contributed by atoms with Crippen molar-refractivity contribution in [2.75, 3.05) is 0 Å². The average molecular weight is 488 g/mol. The molecule has 0 saturated heterocycles. The Balaban J connectivity index is 1.58. The predicted molar refractivity (Wildman–Crippen MR) is 161 cm³/mol. The molecule has 0 radical (unpaired) electrons. The van der Waals surface area contributed by atoms with Crippen molar-refractivity contribution in [1.29, 1.82) is 0 Å². The van der Waals surface area contributed by atoms with Crippen LogP contribution in [0.25, 0.3) is 55.9 Å². The molecule has 182 valence electrons. The van der Waals surface area contributed by atoms with Gasteiger partial charge in [0.25, 0.3) is 0 Å². The van der Waals surface area contributed by atoms with Gasteiger partial charge in [-0.05, 0) is 77.6 Å². The Morgan fingerprint density at radius 2 is 0.789 bits per heavy atom. The van der Waals surface area contributed by atoms with E-state index in [9.17, 15) is 0 Å². The molecule has 1 aromatic heterocycles. The van der Waals surface area contributed by atoms with E-state index in [0.29, 0.717) is 0 Å². The van der Waals surface area contributed by atoms with Gasteiger partial charge < -0.3 is 0 Å². The largest absolute Gasteiger partial charge is 0.248 e. The van der Waals surface area contributed by atoms with Gasteiger partial charge in [-0.1, -0.05) is 120 Å². The number of hydrogen-bond acceptors (Lipinski definition) is 1. The van der Waals surface area contributed by atoms with E-state index >= 15 is 0 Å². The Labute approximate surface area is 225 Å². The first-order valence-corrected chi connectivity index (χ1v) is 13.0. The van der Waals surface area contributed by atoms with E-state index in [1.165, 1.54) is 38.9 Å². The first-order chi connectivity index (χ1) is 18.6. The SMILES string of the molecule is Cc1ccc(-c2cc(-c3cccc(C)c3)cc(-c3cc(-c4ccccc4)nc(-c4ccccc4)c3)c2)cc1. The van der Waals surface area contributed by atoms with E-state index in [1.807, 2.05) is 12.1 Å². The minimum absolute atomic E-state index is 0.972. The van der Waals surface area contributed by atoms with Gasteiger partial charge in [-0.25, -0.2) is 4.98 Å². The van der Waals surface area contributed by atoms with Crippen LogP contribution in [0.5, 0.6) is 0 Å². The highest BCUT2D eigenvalue weighted by Crippen LogP contribution is 2.36. The lowest BCUT2D eigenvalue weighted by molar-refractivity contribution is 1.32. The molecular weight excluding hydrogens is 458 g/mol. The van der Waals surface area contributed by atoms with Gasteiger partial charge in [0.15, 0.2) is 0 Å². The molecular formula is C37H29N. The Morgan fingerprint density at radius 3 is 1.34 bits per heavy atom. The van der Waals surface area contributed by atoms with Gasteiger partial charge in [0.05, 0.1) is 11.4 Å². The third-order valence-electron chi connectivity index (χ3n) is 6.97.